The fourth-order valence-corrected chi connectivity index (χ4v) is 5.54. The normalized spacial score (nSPS) is 18.1. The van der Waals surface area contributed by atoms with Crippen LogP contribution in [0.1, 0.15) is 39.9 Å². The Balaban J connectivity index is 1.39. The summed E-state index contributed by atoms with van der Waals surface area (Å²) in [5, 5.41) is 10.1. The van der Waals surface area contributed by atoms with E-state index in [1.54, 1.807) is 11.8 Å². The van der Waals surface area contributed by atoms with E-state index in [-0.39, 0.29) is 0 Å². The SMILES string of the molecule is Cc1ccc(CN2CCC[C@H](c3nnc(SCc4ccccc4)n3C)C2)s1. The van der Waals surface area contributed by atoms with E-state index in [0.29, 0.717) is 5.92 Å². The first-order chi connectivity index (χ1) is 13.2. The summed E-state index contributed by atoms with van der Waals surface area (Å²) in [7, 11) is 2.12. The van der Waals surface area contributed by atoms with Crippen molar-refractivity contribution in [2.24, 2.45) is 7.05 Å². The molecule has 0 spiro atoms. The standard InChI is InChI=1S/C21H26N4S2/c1-16-10-11-19(27-16)14-25-12-6-9-18(13-25)20-22-23-21(24(20)2)26-15-17-7-4-3-5-8-17/h3-5,7-8,10-11,18H,6,9,12-15H2,1-2H3/t18-/m0/s1. The summed E-state index contributed by atoms with van der Waals surface area (Å²) < 4.78 is 2.21. The van der Waals surface area contributed by atoms with Gasteiger partial charge in [0.2, 0.25) is 0 Å². The van der Waals surface area contributed by atoms with Gasteiger partial charge in [-0.05, 0) is 44.0 Å². The molecule has 3 aromatic rings. The molecule has 4 rings (SSSR count). The Hall–Kier alpha value is -1.63. The predicted octanol–water partition coefficient (Wildman–Crippen LogP) is 4.86. The van der Waals surface area contributed by atoms with Gasteiger partial charge in [-0.25, -0.2) is 0 Å². The summed E-state index contributed by atoms with van der Waals surface area (Å²) in [5.41, 5.74) is 1.32. The maximum absolute atomic E-state index is 4.57. The van der Waals surface area contributed by atoms with Crippen LogP contribution in [-0.2, 0) is 19.3 Å². The van der Waals surface area contributed by atoms with Gasteiger partial charge in [-0.2, -0.15) is 0 Å². The van der Waals surface area contributed by atoms with Gasteiger partial charge in [0.25, 0.3) is 0 Å². The molecule has 6 heteroatoms. The third kappa shape index (κ3) is 4.62. The molecule has 1 aliphatic heterocycles. The van der Waals surface area contributed by atoms with Crippen molar-refractivity contribution in [3.05, 3.63) is 63.6 Å². The number of likely N-dealkylation sites (tertiary alicyclic amines) is 1. The summed E-state index contributed by atoms with van der Waals surface area (Å²) in [6.45, 7) is 5.50. The molecule has 1 aliphatic rings. The molecule has 0 saturated carbocycles. The van der Waals surface area contributed by atoms with Crippen molar-refractivity contribution < 1.29 is 0 Å². The fraction of sp³-hybridized carbons (Fsp3) is 0.429. The molecule has 1 fully saturated rings. The van der Waals surface area contributed by atoms with Crippen molar-refractivity contribution in [2.75, 3.05) is 13.1 Å². The summed E-state index contributed by atoms with van der Waals surface area (Å²) >= 11 is 3.68. The van der Waals surface area contributed by atoms with Gasteiger partial charge in [0, 0.05) is 41.6 Å². The van der Waals surface area contributed by atoms with E-state index in [1.165, 1.54) is 34.7 Å². The Kier molecular flexibility index (Phi) is 5.95. The molecule has 0 aliphatic carbocycles. The number of thiophene rings is 1. The number of benzene rings is 1. The third-order valence-corrected chi connectivity index (χ3v) is 7.20. The highest BCUT2D eigenvalue weighted by molar-refractivity contribution is 7.98. The van der Waals surface area contributed by atoms with Crippen LogP contribution in [0.15, 0.2) is 47.6 Å². The molecule has 142 valence electrons. The molecule has 1 atom stereocenters. The van der Waals surface area contributed by atoms with Crippen molar-refractivity contribution in [1.82, 2.24) is 19.7 Å². The quantitative estimate of drug-likeness (QED) is 0.556. The first-order valence-electron chi connectivity index (χ1n) is 9.53. The van der Waals surface area contributed by atoms with Crippen molar-refractivity contribution >= 4 is 23.1 Å². The van der Waals surface area contributed by atoms with E-state index in [4.69, 9.17) is 0 Å². The predicted molar refractivity (Wildman–Crippen MR) is 113 cm³/mol. The average molecular weight is 399 g/mol. The van der Waals surface area contributed by atoms with Crippen molar-refractivity contribution in [2.45, 2.75) is 43.1 Å². The first kappa shape index (κ1) is 18.7. The molecule has 0 radical (unpaired) electrons. The van der Waals surface area contributed by atoms with Crippen LogP contribution < -0.4 is 0 Å². The molecule has 1 saturated heterocycles. The van der Waals surface area contributed by atoms with E-state index >= 15 is 0 Å². The second-order valence-corrected chi connectivity index (χ2v) is 9.58. The number of thioether (sulfide) groups is 1. The van der Waals surface area contributed by atoms with Crippen LogP contribution in [0.25, 0.3) is 0 Å². The number of rotatable bonds is 6. The lowest BCUT2D eigenvalue weighted by atomic mass is 9.97. The van der Waals surface area contributed by atoms with Gasteiger partial charge in [0.1, 0.15) is 5.82 Å². The molecule has 0 N–H and O–H groups in total. The smallest absolute Gasteiger partial charge is 0.191 e. The molecule has 2 aromatic heterocycles. The van der Waals surface area contributed by atoms with Crippen LogP contribution in [0, 0.1) is 6.92 Å². The average Bonchev–Trinajstić information content (AvgIpc) is 3.26. The van der Waals surface area contributed by atoms with Crippen LogP contribution in [0.3, 0.4) is 0 Å². The summed E-state index contributed by atoms with van der Waals surface area (Å²) in [6, 6.07) is 15.0. The molecule has 4 nitrogen and oxygen atoms in total. The minimum absolute atomic E-state index is 0.475. The Labute approximate surface area is 169 Å². The molecule has 0 amide bonds. The Morgan fingerprint density at radius 3 is 2.78 bits per heavy atom. The lowest BCUT2D eigenvalue weighted by Crippen LogP contribution is -2.34. The van der Waals surface area contributed by atoms with Gasteiger partial charge in [-0.1, -0.05) is 42.1 Å². The Morgan fingerprint density at radius 1 is 1.15 bits per heavy atom. The summed E-state index contributed by atoms with van der Waals surface area (Å²) in [5.74, 6) is 2.54. The summed E-state index contributed by atoms with van der Waals surface area (Å²) in [6.07, 6.45) is 2.43. The van der Waals surface area contributed by atoms with Gasteiger partial charge >= 0.3 is 0 Å². The highest BCUT2D eigenvalue weighted by Gasteiger charge is 2.26. The number of aryl methyl sites for hydroxylation is 1. The number of aromatic nitrogens is 3. The molecule has 27 heavy (non-hydrogen) atoms. The van der Waals surface area contributed by atoms with E-state index < -0.39 is 0 Å². The highest BCUT2D eigenvalue weighted by atomic mass is 32.2. The van der Waals surface area contributed by atoms with E-state index in [2.05, 4.69) is 76.1 Å². The zero-order valence-corrected chi connectivity index (χ0v) is 17.6. The second-order valence-electron chi connectivity index (χ2n) is 7.26. The van der Waals surface area contributed by atoms with Gasteiger partial charge in [0.05, 0.1) is 0 Å². The summed E-state index contributed by atoms with van der Waals surface area (Å²) in [4.78, 5) is 5.43. The van der Waals surface area contributed by atoms with Crippen LogP contribution in [-0.4, -0.2) is 32.8 Å². The molecular formula is C21H26N4S2. The van der Waals surface area contributed by atoms with Crippen molar-refractivity contribution in [1.29, 1.82) is 0 Å². The number of piperidine rings is 1. The van der Waals surface area contributed by atoms with Crippen LogP contribution >= 0.6 is 23.1 Å². The second kappa shape index (κ2) is 8.59. The maximum Gasteiger partial charge on any atom is 0.191 e. The third-order valence-electron chi connectivity index (χ3n) is 5.13. The maximum atomic E-state index is 4.57. The number of hydrogen-bond donors (Lipinski definition) is 0. The van der Waals surface area contributed by atoms with E-state index in [9.17, 15) is 0 Å². The number of nitrogens with zero attached hydrogens (tertiary/aromatic N) is 4. The number of hydrogen-bond acceptors (Lipinski definition) is 5. The largest absolute Gasteiger partial charge is 0.309 e. The van der Waals surface area contributed by atoms with Gasteiger partial charge in [0.15, 0.2) is 5.16 Å². The van der Waals surface area contributed by atoms with E-state index in [1.807, 2.05) is 11.3 Å². The fourth-order valence-electron chi connectivity index (χ4n) is 3.73. The highest BCUT2D eigenvalue weighted by Crippen LogP contribution is 2.30. The van der Waals surface area contributed by atoms with Gasteiger partial charge < -0.3 is 4.57 Å². The zero-order chi connectivity index (χ0) is 18.6. The van der Waals surface area contributed by atoms with Gasteiger partial charge in [-0.3, -0.25) is 4.90 Å². The van der Waals surface area contributed by atoms with Crippen LogP contribution in [0.4, 0.5) is 0 Å². The van der Waals surface area contributed by atoms with Gasteiger partial charge in [-0.15, -0.1) is 21.5 Å². The first-order valence-corrected chi connectivity index (χ1v) is 11.3. The lowest BCUT2D eigenvalue weighted by molar-refractivity contribution is 0.196. The molecular weight excluding hydrogens is 372 g/mol. The van der Waals surface area contributed by atoms with Crippen LogP contribution in [0.2, 0.25) is 0 Å². The Morgan fingerprint density at radius 2 is 2.00 bits per heavy atom. The lowest BCUT2D eigenvalue weighted by Gasteiger charge is -2.31. The van der Waals surface area contributed by atoms with Crippen molar-refractivity contribution in [3.8, 4) is 0 Å². The Bertz CT molecular complexity index is 871. The van der Waals surface area contributed by atoms with Crippen LogP contribution in [0.5, 0.6) is 0 Å². The molecule has 3 heterocycles. The van der Waals surface area contributed by atoms with E-state index in [0.717, 1.165) is 29.8 Å². The minimum atomic E-state index is 0.475. The molecule has 0 unspecified atom stereocenters. The molecule has 0 bridgehead atoms. The monoisotopic (exact) mass is 398 g/mol. The van der Waals surface area contributed by atoms with Crippen molar-refractivity contribution in [3.63, 3.8) is 0 Å². The molecule has 1 aromatic carbocycles. The minimum Gasteiger partial charge on any atom is -0.309 e. The topological polar surface area (TPSA) is 34.0 Å². The zero-order valence-electron chi connectivity index (χ0n) is 16.0.